The Morgan fingerprint density at radius 1 is 1.50 bits per heavy atom. The number of ketones is 1. The summed E-state index contributed by atoms with van der Waals surface area (Å²) in [4.78, 5) is 11.4. The molecule has 4 heteroatoms. The van der Waals surface area contributed by atoms with Gasteiger partial charge in [-0.05, 0) is 22.0 Å². The summed E-state index contributed by atoms with van der Waals surface area (Å²) in [7, 11) is 1.62. The fraction of sp³-hybridized carbons (Fsp3) is 0.417. The molecule has 1 aliphatic heterocycles. The van der Waals surface area contributed by atoms with E-state index in [4.69, 9.17) is 9.47 Å². The molecule has 0 radical (unpaired) electrons. The van der Waals surface area contributed by atoms with Gasteiger partial charge in [-0.2, -0.15) is 0 Å². The Morgan fingerprint density at radius 2 is 2.31 bits per heavy atom. The van der Waals surface area contributed by atoms with E-state index in [1.54, 1.807) is 7.11 Å². The molecule has 2 rings (SSSR count). The number of carbonyl (C=O) groups excluding carboxylic acids is 1. The molecule has 0 bridgehead atoms. The number of Topliss-reactive ketones (excluding diaryl/α,β-unsaturated/α-hetero) is 1. The predicted octanol–water partition coefficient (Wildman–Crippen LogP) is 2.88. The molecule has 0 aliphatic carbocycles. The first-order chi connectivity index (χ1) is 7.72. The van der Waals surface area contributed by atoms with Crippen molar-refractivity contribution in [3.63, 3.8) is 0 Å². The van der Waals surface area contributed by atoms with Crippen LogP contribution in [0.4, 0.5) is 0 Å². The summed E-state index contributed by atoms with van der Waals surface area (Å²) >= 11 is 3.42. The lowest BCUT2D eigenvalue weighted by Crippen LogP contribution is -2.19. The molecule has 1 saturated heterocycles. The molecule has 16 heavy (non-hydrogen) atoms. The number of rotatable bonds is 2. The number of carbonyl (C=O) groups is 1. The van der Waals surface area contributed by atoms with E-state index < -0.39 is 0 Å². The third kappa shape index (κ3) is 2.28. The van der Waals surface area contributed by atoms with Gasteiger partial charge in [-0.25, -0.2) is 0 Å². The maximum absolute atomic E-state index is 11.4. The largest absolute Gasteiger partial charge is 0.495 e. The summed E-state index contributed by atoms with van der Waals surface area (Å²) in [6.07, 6.45) is 0.785. The summed E-state index contributed by atoms with van der Waals surface area (Å²) in [6.45, 7) is 0.499. The summed E-state index contributed by atoms with van der Waals surface area (Å²) in [6, 6.07) is 5.77. The fourth-order valence-corrected chi connectivity index (χ4v) is 2.42. The van der Waals surface area contributed by atoms with Gasteiger partial charge in [0.05, 0.1) is 24.3 Å². The molecular formula is C12H13BrO3. The smallest absolute Gasteiger partial charge is 0.138 e. The van der Waals surface area contributed by atoms with Crippen LogP contribution in [0.2, 0.25) is 0 Å². The van der Waals surface area contributed by atoms with Gasteiger partial charge in [-0.15, -0.1) is 0 Å². The van der Waals surface area contributed by atoms with Gasteiger partial charge in [0.2, 0.25) is 0 Å². The van der Waals surface area contributed by atoms with Gasteiger partial charge in [0.25, 0.3) is 0 Å². The lowest BCUT2D eigenvalue weighted by atomic mass is 10.00. The van der Waals surface area contributed by atoms with Gasteiger partial charge < -0.3 is 9.47 Å². The third-order valence-electron chi connectivity index (χ3n) is 2.66. The monoisotopic (exact) mass is 284 g/mol. The van der Waals surface area contributed by atoms with Crippen molar-refractivity contribution < 1.29 is 14.3 Å². The number of hydrogen-bond donors (Lipinski definition) is 0. The van der Waals surface area contributed by atoms with E-state index in [-0.39, 0.29) is 11.9 Å². The maximum Gasteiger partial charge on any atom is 0.138 e. The van der Waals surface area contributed by atoms with E-state index >= 15 is 0 Å². The zero-order chi connectivity index (χ0) is 11.5. The summed E-state index contributed by atoms with van der Waals surface area (Å²) in [5, 5.41) is 0. The number of halogens is 1. The second-order valence-corrected chi connectivity index (χ2v) is 4.57. The van der Waals surface area contributed by atoms with Crippen LogP contribution in [-0.2, 0) is 9.53 Å². The zero-order valence-corrected chi connectivity index (χ0v) is 10.6. The van der Waals surface area contributed by atoms with Crippen LogP contribution in [0.1, 0.15) is 24.5 Å². The molecule has 1 heterocycles. The highest BCUT2D eigenvalue weighted by Gasteiger charge is 2.25. The molecule has 1 aromatic rings. The molecule has 0 N–H and O–H groups in total. The summed E-state index contributed by atoms with van der Waals surface area (Å²) in [5.41, 5.74) is 0.935. The van der Waals surface area contributed by atoms with Crippen molar-refractivity contribution in [3.05, 3.63) is 28.2 Å². The van der Waals surface area contributed by atoms with Crippen LogP contribution in [-0.4, -0.2) is 19.5 Å². The van der Waals surface area contributed by atoms with Gasteiger partial charge in [0.15, 0.2) is 0 Å². The van der Waals surface area contributed by atoms with Crippen LogP contribution in [0.25, 0.3) is 0 Å². The predicted molar refractivity (Wildman–Crippen MR) is 63.6 cm³/mol. The Labute approximate surface area is 103 Å². The molecular weight excluding hydrogens is 272 g/mol. The van der Waals surface area contributed by atoms with Crippen LogP contribution >= 0.6 is 15.9 Å². The van der Waals surface area contributed by atoms with Gasteiger partial charge in [0.1, 0.15) is 11.5 Å². The molecule has 0 amide bonds. The zero-order valence-electron chi connectivity index (χ0n) is 9.03. The van der Waals surface area contributed by atoms with Gasteiger partial charge in [-0.1, -0.05) is 12.1 Å². The molecule has 3 nitrogen and oxygen atoms in total. The standard InChI is InChI=1S/C12H13BrO3/c1-15-12-9(3-2-4-10(12)13)11-7-8(14)5-6-16-11/h2-4,11H,5-7H2,1H3. The first-order valence-corrected chi connectivity index (χ1v) is 5.97. The van der Waals surface area contributed by atoms with E-state index in [0.29, 0.717) is 19.4 Å². The van der Waals surface area contributed by atoms with Crippen molar-refractivity contribution in [2.45, 2.75) is 18.9 Å². The Hall–Kier alpha value is -0.870. The Balaban J connectivity index is 2.31. The normalized spacial score (nSPS) is 20.9. The van der Waals surface area contributed by atoms with Gasteiger partial charge in [-0.3, -0.25) is 4.79 Å². The molecule has 1 aliphatic rings. The molecule has 1 fully saturated rings. The topological polar surface area (TPSA) is 35.5 Å². The second-order valence-electron chi connectivity index (χ2n) is 3.71. The SMILES string of the molecule is COc1c(Br)cccc1C1CC(=O)CCO1. The molecule has 0 aromatic heterocycles. The fourth-order valence-electron chi connectivity index (χ4n) is 1.88. The first kappa shape index (κ1) is 11.6. The lowest BCUT2D eigenvalue weighted by molar-refractivity contribution is -0.128. The van der Waals surface area contributed by atoms with Crippen LogP contribution in [0.5, 0.6) is 5.75 Å². The van der Waals surface area contributed by atoms with Crippen LogP contribution in [0.3, 0.4) is 0 Å². The van der Waals surface area contributed by atoms with E-state index in [1.165, 1.54) is 0 Å². The van der Waals surface area contributed by atoms with Crippen molar-refractivity contribution >= 4 is 21.7 Å². The molecule has 86 valence electrons. The average Bonchev–Trinajstić information content (AvgIpc) is 2.28. The minimum atomic E-state index is -0.173. The quantitative estimate of drug-likeness (QED) is 0.838. The Bertz CT molecular complexity index is 403. The number of ether oxygens (including phenoxy) is 2. The van der Waals surface area contributed by atoms with Crippen LogP contribution < -0.4 is 4.74 Å². The van der Waals surface area contributed by atoms with Crippen molar-refractivity contribution in [1.29, 1.82) is 0 Å². The number of methoxy groups -OCH3 is 1. The van der Waals surface area contributed by atoms with Crippen molar-refractivity contribution in [1.82, 2.24) is 0 Å². The van der Waals surface area contributed by atoms with Crippen molar-refractivity contribution in [2.24, 2.45) is 0 Å². The highest BCUT2D eigenvalue weighted by atomic mass is 79.9. The molecule has 0 saturated carbocycles. The number of hydrogen-bond acceptors (Lipinski definition) is 3. The summed E-state index contributed by atoms with van der Waals surface area (Å²) < 4.78 is 11.8. The molecule has 1 atom stereocenters. The highest BCUT2D eigenvalue weighted by molar-refractivity contribution is 9.10. The van der Waals surface area contributed by atoms with Gasteiger partial charge in [0, 0.05) is 18.4 Å². The minimum Gasteiger partial charge on any atom is -0.495 e. The van der Waals surface area contributed by atoms with Gasteiger partial charge >= 0.3 is 0 Å². The molecule has 1 unspecified atom stereocenters. The first-order valence-electron chi connectivity index (χ1n) is 5.18. The average molecular weight is 285 g/mol. The highest BCUT2D eigenvalue weighted by Crippen LogP contribution is 2.37. The van der Waals surface area contributed by atoms with E-state index in [0.717, 1.165) is 15.8 Å². The van der Waals surface area contributed by atoms with E-state index in [9.17, 15) is 4.79 Å². The maximum atomic E-state index is 11.4. The van der Waals surface area contributed by atoms with E-state index in [1.807, 2.05) is 18.2 Å². The second kappa shape index (κ2) is 4.97. The Morgan fingerprint density at radius 3 is 3.00 bits per heavy atom. The third-order valence-corrected chi connectivity index (χ3v) is 3.29. The number of para-hydroxylation sites is 1. The Kier molecular flexibility index (Phi) is 3.61. The van der Waals surface area contributed by atoms with Crippen molar-refractivity contribution in [2.75, 3.05) is 13.7 Å². The minimum absolute atomic E-state index is 0.173. The molecule has 1 aromatic carbocycles. The number of benzene rings is 1. The lowest BCUT2D eigenvalue weighted by Gasteiger charge is -2.24. The van der Waals surface area contributed by atoms with Crippen molar-refractivity contribution in [3.8, 4) is 5.75 Å². The van der Waals surface area contributed by atoms with E-state index in [2.05, 4.69) is 15.9 Å². The summed E-state index contributed by atoms with van der Waals surface area (Å²) in [5.74, 6) is 1.00. The van der Waals surface area contributed by atoms with Crippen LogP contribution in [0.15, 0.2) is 22.7 Å². The molecule has 0 spiro atoms. The van der Waals surface area contributed by atoms with Crippen LogP contribution in [0, 0.1) is 0 Å².